The summed E-state index contributed by atoms with van der Waals surface area (Å²) in [5.74, 6) is -0.563. The standard InChI is InChI=1S/C20H19FO2/c1-2-23-20(22)15-18(9-8-16-6-4-3-5-7-16)14-17-10-12-19(21)13-11-17/h3-14H,2,15H2,1H3/b9-8+,18-14-. The summed E-state index contributed by atoms with van der Waals surface area (Å²) in [5, 5.41) is 0. The molecule has 0 saturated carbocycles. The summed E-state index contributed by atoms with van der Waals surface area (Å²) in [6.07, 6.45) is 5.86. The maximum Gasteiger partial charge on any atom is 0.310 e. The van der Waals surface area contributed by atoms with Crippen molar-refractivity contribution in [2.24, 2.45) is 0 Å². The Bertz CT molecular complexity index is 685. The lowest BCUT2D eigenvalue weighted by Crippen LogP contribution is -2.04. The summed E-state index contributed by atoms with van der Waals surface area (Å²) in [7, 11) is 0. The van der Waals surface area contributed by atoms with E-state index in [1.165, 1.54) is 12.1 Å². The van der Waals surface area contributed by atoms with E-state index >= 15 is 0 Å². The smallest absolute Gasteiger partial charge is 0.310 e. The number of carbonyl (C=O) groups excluding carboxylic acids is 1. The van der Waals surface area contributed by atoms with Crippen LogP contribution in [0.4, 0.5) is 4.39 Å². The van der Waals surface area contributed by atoms with E-state index in [0.29, 0.717) is 6.61 Å². The van der Waals surface area contributed by atoms with Crippen molar-refractivity contribution in [3.63, 3.8) is 0 Å². The first-order valence-electron chi connectivity index (χ1n) is 7.52. The number of esters is 1. The maximum atomic E-state index is 13.0. The molecule has 2 nitrogen and oxygen atoms in total. The van der Waals surface area contributed by atoms with E-state index in [1.807, 2.05) is 48.6 Å². The van der Waals surface area contributed by atoms with Gasteiger partial charge in [-0.05, 0) is 35.8 Å². The molecule has 0 aliphatic rings. The van der Waals surface area contributed by atoms with Gasteiger partial charge in [0.05, 0.1) is 13.0 Å². The summed E-state index contributed by atoms with van der Waals surface area (Å²) >= 11 is 0. The normalized spacial score (nSPS) is 11.7. The van der Waals surface area contributed by atoms with Gasteiger partial charge in [0.2, 0.25) is 0 Å². The molecule has 118 valence electrons. The Hall–Kier alpha value is -2.68. The van der Waals surface area contributed by atoms with Gasteiger partial charge >= 0.3 is 5.97 Å². The maximum absolute atomic E-state index is 13.0. The molecule has 2 aromatic rings. The SMILES string of the molecule is CCOC(=O)CC(/C=C/c1ccccc1)=C\c1ccc(F)cc1. The summed E-state index contributed by atoms with van der Waals surface area (Å²) in [6, 6.07) is 16.0. The minimum absolute atomic E-state index is 0.175. The first kappa shape index (κ1) is 16.7. The van der Waals surface area contributed by atoms with Gasteiger partial charge in [-0.15, -0.1) is 0 Å². The first-order chi connectivity index (χ1) is 11.2. The van der Waals surface area contributed by atoms with Gasteiger partial charge in [-0.1, -0.05) is 60.7 Å². The predicted molar refractivity (Wildman–Crippen MR) is 91.1 cm³/mol. The Labute approximate surface area is 135 Å². The van der Waals surface area contributed by atoms with Crippen molar-refractivity contribution in [2.75, 3.05) is 6.61 Å². The van der Waals surface area contributed by atoms with Gasteiger partial charge in [-0.2, -0.15) is 0 Å². The van der Waals surface area contributed by atoms with Crippen LogP contribution in [-0.4, -0.2) is 12.6 Å². The molecule has 0 amide bonds. The lowest BCUT2D eigenvalue weighted by molar-refractivity contribution is -0.142. The van der Waals surface area contributed by atoms with Crippen LogP contribution in [0.1, 0.15) is 24.5 Å². The Morgan fingerprint density at radius 1 is 1.04 bits per heavy atom. The summed E-state index contributed by atoms with van der Waals surface area (Å²) in [6.45, 7) is 2.13. The largest absolute Gasteiger partial charge is 0.466 e. The highest BCUT2D eigenvalue weighted by Crippen LogP contribution is 2.15. The minimum Gasteiger partial charge on any atom is -0.466 e. The second-order valence-corrected chi connectivity index (χ2v) is 5.00. The zero-order chi connectivity index (χ0) is 16.5. The van der Waals surface area contributed by atoms with Crippen LogP contribution < -0.4 is 0 Å². The zero-order valence-electron chi connectivity index (χ0n) is 13.0. The van der Waals surface area contributed by atoms with Crippen molar-refractivity contribution in [1.82, 2.24) is 0 Å². The van der Waals surface area contributed by atoms with E-state index in [9.17, 15) is 9.18 Å². The molecule has 2 aromatic carbocycles. The molecule has 0 heterocycles. The molecule has 0 atom stereocenters. The van der Waals surface area contributed by atoms with Crippen LogP contribution >= 0.6 is 0 Å². The number of halogens is 1. The third-order valence-electron chi connectivity index (χ3n) is 3.17. The van der Waals surface area contributed by atoms with Crippen LogP contribution in [0.5, 0.6) is 0 Å². The molecule has 0 spiro atoms. The Balaban J connectivity index is 2.22. The van der Waals surface area contributed by atoms with E-state index in [2.05, 4.69) is 0 Å². The fraction of sp³-hybridized carbons (Fsp3) is 0.150. The number of rotatable bonds is 6. The number of allylic oxidation sites excluding steroid dienone is 1. The number of hydrogen-bond acceptors (Lipinski definition) is 2. The molecular weight excluding hydrogens is 291 g/mol. The third-order valence-corrected chi connectivity index (χ3v) is 3.17. The van der Waals surface area contributed by atoms with Gasteiger partial charge < -0.3 is 4.74 Å². The van der Waals surface area contributed by atoms with Crippen LogP contribution in [0.15, 0.2) is 66.2 Å². The molecule has 0 bridgehead atoms. The lowest BCUT2D eigenvalue weighted by Gasteiger charge is -2.04. The van der Waals surface area contributed by atoms with Gasteiger partial charge in [-0.25, -0.2) is 4.39 Å². The molecule has 0 saturated heterocycles. The second kappa shape index (κ2) is 8.69. The average Bonchev–Trinajstić information content (AvgIpc) is 2.56. The minimum atomic E-state index is -0.283. The van der Waals surface area contributed by atoms with Gasteiger partial charge in [0.25, 0.3) is 0 Å². The van der Waals surface area contributed by atoms with Crippen LogP contribution in [0.3, 0.4) is 0 Å². The average molecular weight is 310 g/mol. The van der Waals surface area contributed by atoms with Gasteiger partial charge in [0.15, 0.2) is 0 Å². The van der Waals surface area contributed by atoms with E-state index < -0.39 is 0 Å². The molecule has 0 aromatic heterocycles. The van der Waals surface area contributed by atoms with E-state index in [-0.39, 0.29) is 18.2 Å². The molecular formula is C20H19FO2. The second-order valence-electron chi connectivity index (χ2n) is 5.00. The molecule has 3 heteroatoms. The first-order valence-corrected chi connectivity index (χ1v) is 7.52. The van der Waals surface area contributed by atoms with Crippen molar-refractivity contribution in [3.05, 3.63) is 83.2 Å². The van der Waals surface area contributed by atoms with Crippen molar-refractivity contribution in [2.45, 2.75) is 13.3 Å². The highest BCUT2D eigenvalue weighted by Gasteiger charge is 2.05. The molecule has 0 fully saturated rings. The van der Waals surface area contributed by atoms with E-state index in [0.717, 1.165) is 16.7 Å². The Kier molecular flexibility index (Phi) is 6.30. The quantitative estimate of drug-likeness (QED) is 0.562. The van der Waals surface area contributed by atoms with Crippen LogP contribution in [-0.2, 0) is 9.53 Å². The molecule has 0 unspecified atom stereocenters. The number of benzene rings is 2. The van der Waals surface area contributed by atoms with E-state index in [4.69, 9.17) is 4.74 Å². The van der Waals surface area contributed by atoms with Crippen molar-refractivity contribution >= 4 is 18.1 Å². The van der Waals surface area contributed by atoms with Crippen molar-refractivity contribution < 1.29 is 13.9 Å². The number of ether oxygens (including phenoxy) is 1. The molecule has 2 rings (SSSR count). The highest BCUT2D eigenvalue weighted by molar-refractivity contribution is 5.77. The number of carbonyl (C=O) groups is 1. The van der Waals surface area contributed by atoms with Gasteiger partial charge in [0.1, 0.15) is 5.82 Å². The van der Waals surface area contributed by atoms with E-state index in [1.54, 1.807) is 19.1 Å². The fourth-order valence-corrected chi connectivity index (χ4v) is 2.08. The topological polar surface area (TPSA) is 26.3 Å². The fourth-order valence-electron chi connectivity index (χ4n) is 2.08. The van der Waals surface area contributed by atoms with Crippen LogP contribution in [0.25, 0.3) is 12.2 Å². The van der Waals surface area contributed by atoms with Crippen molar-refractivity contribution in [1.29, 1.82) is 0 Å². The predicted octanol–water partition coefficient (Wildman–Crippen LogP) is 4.88. The third kappa shape index (κ3) is 5.91. The Morgan fingerprint density at radius 2 is 1.74 bits per heavy atom. The Morgan fingerprint density at radius 3 is 2.39 bits per heavy atom. The summed E-state index contributed by atoms with van der Waals surface area (Å²) < 4.78 is 18.0. The number of hydrogen-bond donors (Lipinski definition) is 0. The molecule has 0 N–H and O–H groups in total. The van der Waals surface area contributed by atoms with Crippen LogP contribution in [0, 0.1) is 5.82 Å². The van der Waals surface area contributed by atoms with Gasteiger partial charge in [-0.3, -0.25) is 4.79 Å². The molecule has 0 aliphatic heterocycles. The molecule has 23 heavy (non-hydrogen) atoms. The molecule has 0 aliphatic carbocycles. The molecule has 0 radical (unpaired) electrons. The summed E-state index contributed by atoms with van der Waals surface area (Å²) in [4.78, 5) is 11.8. The summed E-state index contributed by atoms with van der Waals surface area (Å²) in [5.41, 5.74) is 2.68. The monoisotopic (exact) mass is 310 g/mol. The lowest BCUT2D eigenvalue weighted by atomic mass is 10.1. The zero-order valence-corrected chi connectivity index (χ0v) is 13.0. The van der Waals surface area contributed by atoms with Gasteiger partial charge in [0, 0.05) is 0 Å². The highest BCUT2D eigenvalue weighted by atomic mass is 19.1. The van der Waals surface area contributed by atoms with Crippen molar-refractivity contribution in [3.8, 4) is 0 Å². The van der Waals surface area contributed by atoms with Crippen LogP contribution in [0.2, 0.25) is 0 Å².